The van der Waals surface area contributed by atoms with Crippen molar-refractivity contribution in [3.8, 4) is 0 Å². The molecule has 3 nitrogen and oxygen atoms in total. The second kappa shape index (κ2) is 7.03. The number of hydrogen-bond donors (Lipinski definition) is 0. The van der Waals surface area contributed by atoms with Gasteiger partial charge in [-0.1, -0.05) is 0 Å². The lowest BCUT2D eigenvalue weighted by molar-refractivity contribution is 0.173. The summed E-state index contributed by atoms with van der Waals surface area (Å²) >= 11 is 1.92. The summed E-state index contributed by atoms with van der Waals surface area (Å²) in [5, 5.41) is 2.35. The van der Waals surface area contributed by atoms with Crippen LogP contribution < -0.4 is 0 Å². The number of hydrogen-bond acceptors (Lipinski definition) is 4. The van der Waals surface area contributed by atoms with Gasteiger partial charge < -0.3 is 9.64 Å². The van der Waals surface area contributed by atoms with Crippen molar-refractivity contribution in [1.82, 2.24) is 9.80 Å². The maximum Gasteiger partial charge on any atom is 0.0507 e. The molecule has 2 aliphatic heterocycles. The molecule has 2 aliphatic rings. The molecule has 0 N–H and O–H groups in total. The Bertz CT molecular complexity index is 408. The Labute approximate surface area is 126 Å². The Morgan fingerprint density at radius 3 is 3.00 bits per heavy atom. The van der Waals surface area contributed by atoms with Crippen LogP contribution in [0.4, 0.5) is 0 Å². The Kier molecular flexibility index (Phi) is 5.10. The van der Waals surface area contributed by atoms with Crippen LogP contribution in [0.2, 0.25) is 0 Å². The first-order valence-electron chi connectivity index (χ1n) is 7.84. The van der Waals surface area contributed by atoms with Gasteiger partial charge in [0.15, 0.2) is 0 Å². The van der Waals surface area contributed by atoms with Gasteiger partial charge >= 0.3 is 0 Å². The molecule has 2 saturated heterocycles. The summed E-state index contributed by atoms with van der Waals surface area (Å²) < 4.78 is 5.46. The fourth-order valence-corrected chi connectivity index (χ4v) is 4.25. The molecule has 4 heteroatoms. The number of likely N-dealkylation sites (tertiary alicyclic amines) is 1. The molecule has 3 rings (SSSR count). The lowest BCUT2D eigenvalue weighted by Gasteiger charge is -2.19. The second-order valence-electron chi connectivity index (χ2n) is 6.33. The molecule has 0 aromatic carbocycles. The first kappa shape index (κ1) is 14.5. The van der Waals surface area contributed by atoms with E-state index in [0.29, 0.717) is 0 Å². The van der Waals surface area contributed by atoms with E-state index >= 15 is 0 Å². The molecule has 20 heavy (non-hydrogen) atoms. The molecule has 0 radical (unpaired) electrons. The van der Waals surface area contributed by atoms with E-state index in [1.807, 2.05) is 11.3 Å². The summed E-state index contributed by atoms with van der Waals surface area (Å²) in [4.78, 5) is 6.52. The minimum atomic E-state index is 0.740. The predicted octanol–water partition coefficient (Wildman–Crippen LogP) is 2.81. The van der Waals surface area contributed by atoms with E-state index in [0.717, 1.165) is 32.2 Å². The highest BCUT2D eigenvalue weighted by atomic mass is 32.1. The zero-order valence-corrected chi connectivity index (χ0v) is 13.3. The number of nitrogens with zero attached hydrogens (tertiary/aromatic N) is 2. The van der Waals surface area contributed by atoms with Crippen molar-refractivity contribution >= 4 is 11.3 Å². The first-order chi connectivity index (χ1) is 9.79. The van der Waals surface area contributed by atoms with Gasteiger partial charge in [-0.3, -0.25) is 4.90 Å². The van der Waals surface area contributed by atoms with Gasteiger partial charge in [-0.2, -0.15) is 0 Å². The van der Waals surface area contributed by atoms with E-state index in [2.05, 4.69) is 28.3 Å². The minimum Gasteiger partial charge on any atom is -0.381 e. The Morgan fingerprint density at radius 2 is 2.25 bits per heavy atom. The van der Waals surface area contributed by atoms with Crippen molar-refractivity contribution in [3.63, 3.8) is 0 Å². The standard InChI is InChI=1S/C16H26N2OS/c1-17(9-14-4-7-19-12-14)11-16-8-15(13-20-16)10-18-5-2-3-6-18/h8,13-14H,2-7,9-12H2,1H3/t14-/m1/s1. The quantitative estimate of drug-likeness (QED) is 0.802. The fraction of sp³-hybridized carbons (Fsp3) is 0.750. The third-order valence-electron chi connectivity index (χ3n) is 4.33. The van der Waals surface area contributed by atoms with Gasteiger partial charge in [0.1, 0.15) is 0 Å². The minimum absolute atomic E-state index is 0.740. The molecule has 1 atom stereocenters. The second-order valence-corrected chi connectivity index (χ2v) is 7.33. The fourth-order valence-electron chi connectivity index (χ4n) is 3.29. The van der Waals surface area contributed by atoms with E-state index < -0.39 is 0 Å². The highest BCUT2D eigenvalue weighted by Gasteiger charge is 2.18. The van der Waals surface area contributed by atoms with E-state index in [9.17, 15) is 0 Å². The number of thiophene rings is 1. The van der Waals surface area contributed by atoms with Crippen LogP contribution in [0.1, 0.15) is 29.7 Å². The van der Waals surface area contributed by atoms with Crippen molar-refractivity contribution in [2.24, 2.45) is 5.92 Å². The summed E-state index contributed by atoms with van der Waals surface area (Å²) in [5.74, 6) is 0.740. The van der Waals surface area contributed by atoms with Crippen molar-refractivity contribution in [2.75, 3.05) is 39.9 Å². The van der Waals surface area contributed by atoms with Gasteiger partial charge in [0.05, 0.1) is 6.61 Å². The topological polar surface area (TPSA) is 15.7 Å². The molecule has 2 fully saturated rings. The summed E-state index contributed by atoms with van der Waals surface area (Å²) in [7, 11) is 2.23. The summed E-state index contributed by atoms with van der Waals surface area (Å²) in [6.45, 7) is 7.88. The van der Waals surface area contributed by atoms with Crippen molar-refractivity contribution in [1.29, 1.82) is 0 Å². The predicted molar refractivity (Wildman–Crippen MR) is 84.1 cm³/mol. The third-order valence-corrected chi connectivity index (χ3v) is 5.30. The SMILES string of the molecule is CN(Cc1cc(CN2CCCC2)cs1)C[C@H]1CCOC1. The van der Waals surface area contributed by atoms with Gasteiger partial charge in [-0.15, -0.1) is 11.3 Å². The molecule has 0 unspecified atom stereocenters. The number of ether oxygens (including phenoxy) is 1. The van der Waals surface area contributed by atoms with Crippen LogP contribution in [0.3, 0.4) is 0 Å². The average Bonchev–Trinajstić information content (AvgIpc) is 3.12. The van der Waals surface area contributed by atoms with E-state index in [1.165, 1.54) is 49.3 Å². The molecule has 0 bridgehead atoms. The largest absolute Gasteiger partial charge is 0.381 e. The number of rotatable bonds is 6. The van der Waals surface area contributed by atoms with Crippen LogP contribution >= 0.6 is 11.3 Å². The van der Waals surface area contributed by atoms with E-state index in [-0.39, 0.29) is 0 Å². The zero-order valence-electron chi connectivity index (χ0n) is 12.5. The highest BCUT2D eigenvalue weighted by molar-refractivity contribution is 7.10. The lowest BCUT2D eigenvalue weighted by atomic mass is 10.1. The van der Waals surface area contributed by atoms with E-state index in [4.69, 9.17) is 4.74 Å². The van der Waals surface area contributed by atoms with Gasteiger partial charge in [-0.25, -0.2) is 0 Å². The van der Waals surface area contributed by atoms with Crippen LogP contribution in [0.5, 0.6) is 0 Å². The lowest BCUT2D eigenvalue weighted by Crippen LogP contribution is -2.25. The van der Waals surface area contributed by atoms with E-state index in [1.54, 1.807) is 0 Å². The molecule has 1 aromatic heterocycles. The molecule has 112 valence electrons. The van der Waals surface area contributed by atoms with Gasteiger partial charge in [0.2, 0.25) is 0 Å². The van der Waals surface area contributed by atoms with Crippen LogP contribution in [-0.4, -0.2) is 49.7 Å². The maximum atomic E-state index is 5.46. The highest BCUT2D eigenvalue weighted by Crippen LogP contribution is 2.21. The van der Waals surface area contributed by atoms with Crippen molar-refractivity contribution in [3.05, 3.63) is 21.9 Å². The van der Waals surface area contributed by atoms with Gasteiger partial charge in [0.25, 0.3) is 0 Å². The molecule has 1 aromatic rings. The van der Waals surface area contributed by atoms with Gasteiger partial charge in [-0.05, 0) is 62.3 Å². The van der Waals surface area contributed by atoms with Crippen LogP contribution in [-0.2, 0) is 17.8 Å². The monoisotopic (exact) mass is 294 g/mol. The maximum absolute atomic E-state index is 5.46. The molecule has 3 heterocycles. The molecule has 0 amide bonds. The smallest absolute Gasteiger partial charge is 0.0507 e. The molecular weight excluding hydrogens is 268 g/mol. The third kappa shape index (κ3) is 4.04. The Balaban J connectivity index is 1.45. The molecule has 0 aliphatic carbocycles. The molecule has 0 saturated carbocycles. The van der Waals surface area contributed by atoms with Crippen molar-refractivity contribution < 1.29 is 4.74 Å². The van der Waals surface area contributed by atoms with Crippen LogP contribution in [0, 0.1) is 5.92 Å². The Hall–Kier alpha value is -0.420. The Morgan fingerprint density at radius 1 is 1.40 bits per heavy atom. The summed E-state index contributed by atoms with van der Waals surface area (Å²) in [6, 6.07) is 2.41. The first-order valence-corrected chi connectivity index (χ1v) is 8.72. The molecular formula is C16H26N2OS. The zero-order chi connectivity index (χ0) is 13.8. The van der Waals surface area contributed by atoms with Crippen LogP contribution in [0.25, 0.3) is 0 Å². The van der Waals surface area contributed by atoms with Crippen LogP contribution in [0.15, 0.2) is 11.4 Å². The normalized spacial score (nSPS) is 24.0. The molecule has 0 spiro atoms. The summed E-state index contributed by atoms with van der Waals surface area (Å²) in [6.07, 6.45) is 3.99. The van der Waals surface area contributed by atoms with Crippen molar-refractivity contribution in [2.45, 2.75) is 32.4 Å². The average molecular weight is 294 g/mol. The summed E-state index contributed by atoms with van der Waals surface area (Å²) in [5.41, 5.74) is 1.50. The van der Waals surface area contributed by atoms with Gasteiger partial charge in [0, 0.05) is 31.1 Å².